The normalized spacial score (nSPS) is 35.6. The average molecular weight is 325 g/mol. The topological polar surface area (TPSA) is 29.1 Å². The standard InChI is InChI=1S/C10H15Br2NO/c1-9(6-10(9,11)12)8(14)13-7-4-2-3-5-7/h7H,2-6H2,1H3,(H,13,14)/t9-/m0/s1. The van der Waals surface area contributed by atoms with Crippen molar-refractivity contribution in [2.75, 3.05) is 0 Å². The molecular weight excluding hydrogens is 310 g/mol. The smallest absolute Gasteiger partial charge is 0.228 e. The van der Waals surface area contributed by atoms with Crippen LogP contribution in [0.1, 0.15) is 39.0 Å². The zero-order chi connectivity index (χ0) is 10.4. The lowest BCUT2D eigenvalue weighted by Gasteiger charge is -2.17. The maximum Gasteiger partial charge on any atom is 0.228 e. The maximum atomic E-state index is 11.9. The Bertz CT molecular complexity index is 261. The summed E-state index contributed by atoms with van der Waals surface area (Å²) in [6, 6.07) is 0.427. The van der Waals surface area contributed by atoms with Crippen molar-refractivity contribution >= 4 is 37.8 Å². The van der Waals surface area contributed by atoms with E-state index in [-0.39, 0.29) is 14.6 Å². The van der Waals surface area contributed by atoms with Crippen LogP contribution < -0.4 is 5.32 Å². The van der Waals surface area contributed by atoms with Crippen molar-refractivity contribution in [3.63, 3.8) is 0 Å². The summed E-state index contributed by atoms with van der Waals surface area (Å²) in [5.41, 5.74) is -0.254. The number of amides is 1. The van der Waals surface area contributed by atoms with Gasteiger partial charge in [0, 0.05) is 6.04 Å². The second-order valence-electron chi connectivity index (χ2n) is 4.67. The molecule has 0 heterocycles. The van der Waals surface area contributed by atoms with Gasteiger partial charge in [-0.05, 0) is 26.2 Å². The lowest BCUT2D eigenvalue weighted by molar-refractivity contribution is -0.126. The molecule has 2 rings (SSSR count). The molecule has 80 valence electrons. The molecule has 0 aromatic rings. The Kier molecular flexibility index (Phi) is 2.71. The van der Waals surface area contributed by atoms with Gasteiger partial charge in [0.2, 0.25) is 5.91 Å². The zero-order valence-electron chi connectivity index (χ0n) is 8.28. The van der Waals surface area contributed by atoms with Crippen LogP contribution in [0, 0.1) is 5.41 Å². The van der Waals surface area contributed by atoms with Gasteiger partial charge < -0.3 is 5.32 Å². The van der Waals surface area contributed by atoms with Crippen molar-refractivity contribution in [3.05, 3.63) is 0 Å². The number of carbonyl (C=O) groups is 1. The summed E-state index contributed by atoms with van der Waals surface area (Å²) in [4.78, 5) is 11.9. The molecule has 2 saturated carbocycles. The monoisotopic (exact) mass is 323 g/mol. The molecule has 4 heteroatoms. The van der Waals surface area contributed by atoms with Gasteiger partial charge in [0.1, 0.15) is 0 Å². The Balaban J connectivity index is 1.90. The molecule has 2 aliphatic rings. The molecule has 2 fully saturated rings. The number of nitrogens with one attached hydrogen (secondary N) is 1. The van der Waals surface area contributed by atoms with E-state index in [4.69, 9.17) is 0 Å². The Labute approximate surface area is 101 Å². The Morgan fingerprint density at radius 2 is 1.86 bits per heavy atom. The van der Waals surface area contributed by atoms with Crippen LogP contribution in [0.25, 0.3) is 0 Å². The first kappa shape index (κ1) is 10.9. The van der Waals surface area contributed by atoms with E-state index < -0.39 is 0 Å². The number of rotatable bonds is 2. The molecule has 1 N–H and O–H groups in total. The van der Waals surface area contributed by atoms with Crippen molar-refractivity contribution in [2.45, 2.75) is 48.3 Å². The molecule has 0 saturated heterocycles. The SMILES string of the molecule is C[C@@]1(C(=O)NC2CCCC2)CC1(Br)Br. The molecule has 2 aliphatic carbocycles. The summed E-state index contributed by atoms with van der Waals surface area (Å²) in [7, 11) is 0. The quantitative estimate of drug-likeness (QED) is 0.777. The number of hydrogen-bond donors (Lipinski definition) is 1. The molecule has 0 spiro atoms. The van der Waals surface area contributed by atoms with Crippen LogP contribution in [0.3, 0.4) is 0 Å². The largest absolute Gasteiger partial charge is 0.353 e. The Morgan fingerprint density at radius 3 is 2.29 bits per heavy atom. The van der Waals surface area contributed by atoms with Crippen molar-refractivity contribution in [1.82, 2.24) is 5.32 Å². The third-order valence-corrected chi connectivity index (χ3v) is 5.76. The van der Waals surface area contributed by atoms with E-state index in [1.807, 2.05) is 6.92 Å². The summed E-state index contributed by atoms with van der Waals surface area (Å²) >= 11 is 7.03. The van der Waals surface area contributed by atoms with E-state index in [2.05, 4.69) is 37.2 Å². The van der Waals surface area contributed by atoms with Gasteiger partial charge in [-0.25, -0.2) is 0 Å². The van der Waals surface area contributed by atoms with Crippen molar-refractivity contribution in [1.29, 1.82) is 0 Å². The van der Waals surface area contributed by atoms with E-state index in [0.717, 1.165) is 19.3 Å². The molecule has 1 atom stereocenters. The number of hydrogen-bond acceptors (Lipinski definition) is 1. The van der Waals surface area contributed by atoms with Gasteiger partial charge in [-0.2, -0.15) is 0 Å². The summed E-state index contributed by atoms with van der Waals surface area (Å²) in [6.07, 6.45) is 5.70. The minimum Gasteiger partial charge on any atom is -0.353 e. The Morgan fingerprint density at radius 1 is 1.36 bits per heavy atom. The Hall–Kier alpha value is 0.430. The third kappa shape index (κ3) is 1.75. The van der Waals surface area contributed by atoms with Gasteiger partial charge >= 0.3 is 0 Å². The average Bonchev–Trinajstić information content (AvgIpc) is 2.54. The van der Waals surface area contributed by atoms with Crippen LogP contribution in [0.5, 0.6) is 0 Å². The van der Waals surface area contributed by atoms with Gasteiger partial charge in [-0.3, -0.25) is 4.79 Å². The minimum atomic E-state index is -0.254. The lowest BCUT2D eigenvalue weighted by Crippen LogP contribution is -2.39. The van der Waals surface area contributed by atoms with Gasteiger partial charge in [-0.1, -0.05) is 44.7 Å². The summed E-state index contributed by atoms with van der Waals surface area (Å²) < 4.78 is -0.157. The highest BCUT2D eigenvalue weighted by Gasteiger charge is 2.66. The molecule has 2 nitrogen and oxygen atoms in total. The van der Waals surface area contributed by atoms with Crippen molar-refractivity contribution in [3.8, 4) is 0 Å². The second kappa shape index (κ2) is 3.48. The second-order valence-corrected chi connectivity index (χ2v) is 8.44. The molecule has 0 bridgehead atoms. The van der Waals surface area contributed by atoms with Crippen LogP contribution >= 0.6 is 31.9 Å². The molecular formula is C10H15Br2NO. The van der Waals surface area contributed by atoms with Crippen LogP contribution in [0.4, 0.5) is 0 Å². The number of halogens is 2. The van der Waals surface area contributed by atoms with Gasteiger partial charge in [0.25, 0.3) is 0 Å². The molecule has 14 heavy (non-hydrogen) atoms. The molecule has 0 aromatic heterocycles. The maximum absolute atomic E-state index is 11.9. The van der Waals surface area contributed by atoms with E-state index in [1.54, 1.807) is 0 Å². The fourth-order valence-electron chi connectivity index (χ4n) is 2.06. The highest BCUT2D eigenvalue weighted by atomic mass is 79.9. The minimum absolute atomic E-state index is 0.157. The van der Waals surface area contributed by atoms with E-state index in [9.17, 15) is 4.79 Å². The summed E-state index contributed by atoms with van der Waals surface area (Å²) in [5, 5.41) is 3.14. The zero-order valence-corrected chi connectivity index (χ0v) is 11.4. The highest BCUT2D eigenvalue weighted by molar-refractivity contribution is 9.25. The van der Waals surface area contributed by atoms with Crippen molar-refractivity contribution < 1.29 is 4.79 Å². The predicted octanol–water partition coefficient (Wildman–Crippen LogP) is 2.94. The van der Waals surface area contributed by atoms with Crippen LogP contribution in [-0.2, 0) is 4.79 Å². The first-order chi connectivity index (χ1) is 6.46. The van der Waals surface area contributed by atoms with E-state index in [1.165, 1.54) is 12.8 Å². The van der Waals surface area contributed by atoms with E-state index >= 15 is 0 Å². The van der Waals surface area contributed by atoms with Gasteiger partial charge in [0.15, 0.2) is 0 Å². The van der Waals surface area contributed by atoms with Crippen molar-refractivity contribution in [2.24, 2.45) is 5.41 Å². The molecule has 1 amide bonds. The first-order valence-corrected chi connectivity index (χ1v) is 6.73. The van der Waals surface area contributed by atoms with Crippen LogP contribution in [0.15, 0.2) is 0 Å². The predicted molar refractivity (Wildman–Crippen MR) is 63.7 cm³/mol. The lowest BCUT2D eigenvalue weighted by atomic mass is 10.1. The van der Waals surface area contributed by atoms with Crippen LogP contribution in [-0.4, -0.2) is 15.2 Å². The number of carbonyl (C=O) groups excluding carboxylic acids is 1. The van der Waals surface area contributed by atoms with Crippen LogP contribution in [0.2, 0.25) is 0 Å². The molecule has 0 aromatic carbocycles. The third-order valence-electron chi connectivity index (χ3n) is 3.45. The number of alkyl halides is 2. The van der Waals surface area contributed by atoms with E-state index in [0.29, 0.717) is 6.04 Å². The van der Waals surface area contributed by atoms with Gasteiger partial charge in [-0.15, -0.1) is 0 Å². The fraction of sp³-hybridized carbons (Fsp3) is 0.900. The molecule has 0 unspecified atom stereocenters. The first-order valence-electron chi connectivity index (χ1n) is 5.14. The summed E-state index contributed by atoms with van der Waals surface area (Å²) in [6.45, 7) is 2.00. The van der Waals surface area contributed by atoms with Gasteiger partial charge in [0.05, 0.1) is 8.65 Å². The molecule has 0 aliphatic heterocycles. The summed E-state index contributed by atoms with van der Waals surface area (Å²) in [5.74, 6) is 0.193. The molecule has 0 radical (unpaired) electrons. The fourth-order valence-corrected chi connectivity index (χ4v) is 3.54. The highest BCUT2D eigenvalue weighted by Crippen LogP contribution is 2.66.